The SMILES string of the molecule is c1ccc(-c2cc3c(oc4cccc(-c5cc(-c6cccc7oc8ccccc8c67)nc(-c6ccc7ccccc7c6)n5)c43)c3ccccc23)cc1. The molecule has 3 aromatic heterocycles. The number of para-hydroxylation sites is 1. The van der Waals surface area contributed by atoms with E-state index in [0.717, 1.165) is 93.7 Å². The van der Waals surface area contributed by atoms with Crippen LogP contribution < -0.4 is 0 Å². The monoisotopic (exact) mass is 664 g/mol. The molecule has 0 saturated heterocycles. The van der Waals surface area contributed by atoms with Crippen LogP contribution in [0.4, 0.5) is 0 Å². The average molecular weight is 665 g/mol. The number of nitrogens with zero attached hydrogens (tertiary/aromatic N) is 2. The van der Waals surface area contributed by atoms with Gasteiger partial charge in [-0.3, -0.25) is 0 Å². The van der Waals surface area contributed by atoms with E-state index in [-0.39, 0.29) is 0 Å². The molecule has 0 atom stereocenters. The Hall–Kier alpha value is -7.04. The van der Waals surface area contributed by atoms with E-state index in [0.29, 0.717) is 5.82 Å². The van der Waals surface area contributed by atoms with Crippen molar-refractivity contribution in [2.75, 3.05) is 0 Å². The Balaban J connectivity index is 1.22. The van der Waals surface area contributed by atoms with Crippen LogP contribution in [0.25, 0.3) is 110 Å². The first kappa shape index (κ1) is 28.8. The molecule has 0 fully saturated rings. The lowest BCUT2D eigenvalue weighted by atomic mass is 9.94. The van der Waals surface area contributed by atoms with Gasteiger partial charge in [-0.05, 0) is 63.7 Å². The Morgan fingerprint density at radius 3 is 1.75 bits per heavy atom. The van der Waals surface area contributed by atoms with Gasteiger partial charge in [-0.15, -0.1) is 0 Å². The number of rotatable bonds is 4. The molecule has 0 amide bonds. The molecule has 4 heteroatoms. The van der Waals surface area contributed by atoms with Crippen molar-refractivity contribution in [3.05, 3.63) is 170 Å². The van der Waals surface area contributed by atoms with E-state index in [4.69, 9.17) is 18.8 Å². The summed E-state index contributed by atoms with van der Waals surface area (Å²) >= 11 is 0. The van der Waals surface area contributed by atoms with Crippen LogP contribution in [0.15, 0.2) is 179 Å². The Morgan fingerprint density at radius 1 is 0.346 bits per heavy atom. The molecule has 0 saturated carbocycles. The fourth-order valence-electron chi connectivity index (χ4n) is 7.89. The van der Waals surface area contributed by atoms with Crippen LogP contribution >= 0.6 is 0 Å². The van der Waals surface area contributed by atoms with Gasteiger partial charge in [-0.25, -0.2) is 9.97 Å². The molecule has 0 aliphatic heterocycles. The fraction of sp³-hybridized carbons (Fsp3) is 0. The smallest absolute Gasteiger partial charge is 0.160 e. The first-order valence-corrected chi connectivity index (χ1v) is 17.5. The molecule has 8 aromatic carbocycles. The normalized spacial score (nSPS) is 11.8. The number of fused-ring (bicyclic) bond motifs is 9. The van der Waals surface area contributed by atoms with Crippen molar-refractivity contribution >= 4 is 65.4 Å². The van der Waals surface area contributed by atoms with Crippen molar-refractivity contribution in [1.82, 2.24) is 9.97 Å². The molecule has 0 aliphatic rings. The summed E-state index contributed by atoms with van der Waals surface area (Å²) in [6.45, 7) is 0. The van der Waals surface area contributed by atoms with Gasteiger partial charge in [0.25, 0.3) is 0 Å². The van der Waals surface area contributed by atoms with Crippen LogP contribution in [0, 0.1) is 0 Å². The Labute approximate surface area is 298 Å². The van der Waals surface area contributed by atoms with Crippen LogP contribution in [0.5, 0.6) is 0 Å². The summed E-state index contributed by atoms with van der Waals surface area (Å²) in [6.07, 6.45) is 0. The minimum Gasteiger partial charge on any atom is -0.456 e. The fourth-order valence-corrected chi connectivity index (χ4v) is 7.89. The number of hydrogen-bond acceptors (Lipinski definition) is 4. The van der Waals surface area contributed by atoms with Crippen LogP contribution in [0.2, 0.25) is 0 Å². The molecule has 11 aromatic rings. The van der Waals surface area contributed by atoms with Gasteiger partial charge in [0, 0.05) is 43.6 Å². The van der Waals surface area contributed by atoms with E-state index in [2.05, 4.69) is 146 Å². The minimum absolute atomic E-state index is 0.656. The maximum Gasteiger partial charge on any atom is 0.160 e. The second-order valence-electron chi connectivity index (χ2n) is 13.3. The third-order valence-electron chi connectivity index (χ3n) is 10.3. The lowest BCUT2D eigenvalue weighted by Gasteiger charge is -2.12. The standard InChI is InChI=1S/C48H28N2O2/c1-2-13-30(14-3-1)38-27-39-46-36(20-11-23-44(46)52-47(39)34-17-7-6-16-33(34)38)41-28-40(35-19-10-22-43-45(35)37-18-8-9-21-42(37)51-43)49-48(50-41)32-25-24-29-12-4-5-15-31(29)26-32/h1-28H. The second-order valence-corrected chi connectivity index (χ2v) is 13.3. The van der Waals surface area contributed by atoms with Gasteiger partial charge in [0.05, 0.1) is 11.4 Å². The highest BCUT2D eigenvalue weighted by atomic mass is 16.3. The first-order chi connectivity index (χ1) is 25.8. The molecule has 4 nitrogen and oxygen atoms in total. The van der Waals surface area contributed by atoms with Gasteiger partial charge >= 0.3 is 0 Å². The lowest BCUT2D eigenvalue weighted by Crippen LogP contribution is -1.96. The predicted octanol–water partition coefficient (Wildman–Crippen LogP) is 13.2. The molecule has 0 aliphatic carbocycles. The average Bonchev–Trinajstić information content (AvgIpc) is 3.79. The molecule has 52 heavy (non-hydrogen) atoms. The molecule has 0 radical (unpaired) electrons. The van der Waals surface area contributed by atoms with E-state index in [1.165, 1.54) is 10.9 Å². The molecule has 0 unspecified atom stereocenters. The summed E-state index contributed by atoms with van der Waals surface area (Å²) in [6, 6.07) is 59.0. The van der Waals surface area contributed by atoms with Gasteiger partial charge in [-0.2, -0.15) is 0 Å². The van der Waals surface area contributed by atoms with Crippen molar-refractivity contribution in [2.24, 2.45) is 0 Å². The van der Waals surface area contributed by atoms with E-state index < -0.39 is 0 Å². The van der Waals surface area contributed by atoms with Crippen molar-refractivity contribution < 1.29 is 8.83 Å². The molecule has 0 bridgehead atoms. The van der Waals surface area contributed by atoms with Crippen molar-refractivity contribution in [2.45, 2.75) is 0 Å². The van der Waals surface area contributed by atoms with Crippen LogP contribution in [0.3, 0.4) is 0 Å². The first-order valence-electron chi connectivity index (χ1n) is 17.5. The van der Waals surface area contributed by atoms with Gasteiger partial charge in [0.2, 0.25) is 0 Å². The van der Waals surface area contributed by atoms with Crippen molar-refractivity contribution in [3.63, 3.8) is 0 Å². The summed E-state index contributed by atoms with van der Waals surface area (Å²) in [7, 11) is 0. The second kappa shape index (κ2) is 11.2. The van der Waals surface area contributed by atoms with Gasteiger partial charge in [-0.1, -0.05) is 133 Å². The van der Waals surface area contributed by atoms with Gasteiger partial charge in [0.15, 0.2) is 5.82 Å². The summed E-state index contributed by atoms with van der Waals surface area (Å²) in [5, 5.41) is 8.74. The highest BCUT2D eigenvalue weighted by molar-refractivity contribution is 6.22. The highest BCUT2D eigenvalue weighted by Gasteiger charge is 2.21. The summed E-state index contributed by atoms with van der Waals surface area (Å²) in [4.78, 5) is 10.6. The molecular formula is C48H28N2O2. The summed E-state index contributed by atoms with van der Waals surface area (Å²) in [5.41, 5.74) is 10.3. The zero-order chi connectivity index (χ0) is 34.2. The number of furan rings is 2. The van der Waals surface area contributed by atoms with Crippen LogP contribution in [-0.4, -0.2) is 9.97 Å². The molecule has 242 valence electrons. The maximum absolute atomic E-state index is 6.74. The number of aromatic nitrogens is 2. The molecule has 0 spiro atoms. The van der Waals surface area contributed by atoms with Gasteiger partial charge in [0.1, 0.15) is 22.3 Å². The number of benzene rings is 8. The largest absolute Gasteiger partial charge is 0.456 e. The van der Waals surface area contributed by atoms with Crippen molar-refractivity contribution in [1.29, 1.82) is 0 Å². The van der Waals surface area contributed by atoms with E-state index in [9.17, 15) is 0 Å². The van der Waals surface area contributed by atoms with E-state index in [1.54, 1.807) is 0 Å². The van der Waals surface area contributed by atoms with Crippen molar-refractivity contribution in [3.8, 4) is 45.0 Å². The van der Waals surface area contributed by atoms with E-state index >= 15 is 0 Å². The predicted molar refractivity (Wildman–Crippen MR) is 213 cm³/mol. The lowest BCUT2D eigenvalue weighted by molar-refractivity contribution is 0.669. The zero-order valence-electron chi connectivity index (χ0n) is 27.9. The topological polar surface area (TPSA) is 52.1 Å². The Morgan fingerprint density at radius 2 is 0.962 bits per heavy atom. The molecule has 0 N–H and O–H groups in total. The Kier molecular flexibility index (Phi) is 6.22. The quantitative estimate of drug-likeness (QED) is 0.188. The summed E-state index contributed by atoms with van der Waals surface area (Å²) < 4.78 is 13.1. The molecule has 11 rings (SSSR count). The summed E-state index contributed by atoms with van der Waals surface area (Å²) in [5.74, 6) is 0.656. The third kappa shape index (κ3) is 4.41. The maximum atomic E-state index is 6.74. The van der Waals surface area contributed by atoms with Gasteiger partial charge < -0.3 is 8.83 Å². The van der Waals surface area contributed by atoms with E-state index in [1.807, 2.05) is 24.3 Å². The van der Waals surface area contributed by atoms with Crippen LogP contribution in [0.1, 0.15) is 0 Å². The molecular weight excluding hydrogens is 637 g/mol. The zero-order valence-corrected chi connectivity index (χ0v) is 27.9. The third-order valence-corrected chi connectivity index (χ3v) is 10.3. The highest BCUT2D eigenvalue weighted by Crippen LogP contribution is 2.44. The molecule has 3 heterocycles. The Bertz CT molecular complexity index is 3190. The minimum atomic E-state index is 0.656. The number of hydrogen-bond donors (Lipinski definition) is 0. The van der Waals surface area contributed by atoms with Crippen LogP contribution in [-0.2, 0) is 0 Å².